The second-order valence-electron chi connectivity index (χ2n) is 4.05. The SMILES string of the molecule is CC(C)(O)CSCCNC1CSC1. The van der Waals surface area contributed by atoms with Gasteiger partial charge in [0.2, 0.25) is 0 Å². The fourth-order valence-electron chi connectivity index (χ4n) is 1.01. The van der Waals surface area contributed by atoms with Crippen LogP contribution in [0.1, 0.15) is 13.8 Å². The minimum Gasteiger partial charge on any atom is -0.390 e. The molecular formula is C9H19NOS2. The number of hydrogen-bond acceptors (Lipinski definition) is 4. The summed E-state index contributed by atoms with van der Waals surface area (Å²) in [6.45, 7) is 4.79. The second-order valence-corrected chi connectivity index (χ2v) is 6.23. The van der Waals surface area contributed by atoms with E-state index in [1.165, 1.54) is 11.5 Å². The van der Waals surface area contributed by atoms with E-state index < -0.39 is 5.60 Å². The molecule has 1 rings (SSSR count). The van der Waals surface area contributed by atoms with Gasteiger partial charge in [0.25, 0.3) is 0 Å². The maximum absolute atomic E-state index is 9.44. The summed E-state index contributed by atoms with van der Waals surface area (Å²) in [5.41, 5.74) is -0.517. The number of rotatable bonds is 6. The third kappa shape index (κ3) is 5.83. The van der Waals surface area contributed by atoms with E-state index in [0.29, 0.717) is 0 Å². The van der Waals surface area contributed by atoms with Crippen molar-refractivity contribution >= 4 is 23.5 Å². The van der Waals surface area contributed by atoms with Gasteiger partial charge in [-0.2, -0.15) is 23.5 Å². The molecule has 2 N–H and O–H groups in total. The van der Waals surface area contributed by atoms with Crippen molar-refractivity contribution in [1.82, 2.24) is 5.32 Å². The summed E-state index contributed by atoms with van der Waals surface area (Å²) in [4.78, 5) is 0. The smallest absolute Gasteiger partial charge is 0.0681 e. The lowest BCUT2D eigenvalue weighted by molar-refractivity contribution is 0.107. The summed E-state index contributed by atoms with van der Waals surface area (Å²) >= 11 is 3.82. The molecule has 78 valence electrons. The Morgan fingerprint density at radius 1 is 1.54 bits per heavy atom. The van der Waals surface area contributed by atoms with Gasteiger partial charge in [-0.1, -0.05) is 0 Å². The van der Waals surface area contributed by atoms with Crippen LogP contribution in [0.5, 0.6) is 0 Å². The van der Waals surface area contributed by atoms with E-state index >= 15 is 0 Å². The van der Waals surface area contributed by atoms with Crippen molar-refractivity contribution in [2.24, 2.45) is 0 Å². The lowest BCUT2D eigenvalue weighted by Crippen LogP contribution is -2.41. The van der Waals surface area contributed by atoms with Crippen molar-refractivity contribution in [1.29, 1.82) is 0 Å². The van der Waals surface area contributed by atoms with Gasteiger partial charge < -0.3 is 10.4 Å². The van der Waals surface area contributed by atoms with Crippen molar-refractivity contribution < 1.29 is 5.11 Å². The Morgan fingerprint density at radius 3 is 2.69 bits per heavy atom. The van der Waals surface area contributed by atoms with E-state index in [0.717, 1.165) is 24.1 Å². The lowest BCUT2D eigenvalue weighted by Gasteiger charge is -2.26. The standard InChI is InChI=1S/C9H19NOS2/c1-9(2,11)7-12-4-3-10-8-5-13-6-8/h8,10-11H,3-7H2,1-2H3. The Labute approximate surface area is 89.2 Å². The molecule has 1 aliphatic rings. The molecule has 0 bridgehead atoms. The molecule has 0 aliphatic carbocycles. The first-order chi connectivity index (χ1) is 6.08. The largest absolute Gasteiger partial charge is 0.390 e. The van der Waals surface area contributed by atoms with E-state index in [-0.39, 0.29) is 0 Å². The van der Waals surface area contributed by atoms with E-state index in [4.69, 9.17) is 0 Å². The number of thioether (sulfide) groups is 2. The van der Waals surface area contributed by atoms with E-state index in [9.17, 15) is 5.11 Å². The van der Waals surface area contributed by atoms with Gasteiger partial charge in [-0.05, 0) is 13.8 Å². The zero-order chi connectivity index (χ0) is 9.73. The molecular weight excluding hydrogens is 202 g/mol. The minimum absolute atomic E-state index is 0.517. The Balaban J connectivity index is 1.83. The van der Waals surface area contributed by atoms with Crippen LogP contribution in [0.15, 0.2) is 0 Å². The fraction of sp³-hybridized carbons (Fsp3) is 1.00. The summed E-state index contributed by atoms with van der Waals surface area (Å²) in [6.07, 6.45) is 0. The second kappa shape index (κ2) is 5.49. The molecule has 1 saturated heterocycles. The van der Waals surface area contributed by atoms with Crippen LogP contribution in [0, 0.1) is 0 Å². The van der Waals surface area contributed by atoms with Crippen LogP contribution in [0.25, 0.3) is 0 Å². The fourth-order valence-corrected chi connectivity index (χ4v) is 2.62. The minimum atomic E-state index is -0.517. The van der Waals surface area contributed by atoms with Crippen LogP contribution in [-0.2, 0) is 0 Å². The van der Waals surface area contributed by atoms with Crippen LogP contribution in [-0.4, -0.2) is 46.3 Å². The van der Waals surface area contributed by atoms with Crippen molar-refractivity contribution in [2.45, 2.75) is 25.5 Å². The molecule has 0 radical (unpaired) electrons. The highest BCUT2D eigenvalue weighted by atomic mass is 32.2. The van der Waals surface area contributed by atoms with Gasteiger partial charge in [0.05, 0.1) is 5.60 Å². The lowest BCUT2D eigenvalue weighted by atomic mass is 10.2. The van der Waals surface area contributed by atoms with Gasteiger partial charge in [0, 0.05) is 35.6 Å². The summed E-state index contributed by atoms with van der Waals surface area (Å²) in [7, 11) is 0. The van der Waals surface area contributed by atoms with Crippen LogP contribution < -0.4 is 5.32 Å². The van der Waals surface area contributed by atoms with Crippen LogP contribution in [0.2, 0.25) is 0 Å². The highest BCUT2D eigenvalue weighted by Gasteiger charge is 2.16. The number of aliphatic hydroxyl groups is 1. The normalized spacial score (nSPS) is 18.7. The zero-order valence-corrected chi connectivity index (χ0v) is 10.0. The average molecular weight is 221 g/mol. The molecule has 0 spiro atoms. The maximum Gasteiger partial charge on any atom is 0.0681 e. The van der Waals surface area contributed by atoms with Gasteiger partial charge in [-0.15, -0.1) is 0 Å². The first kappa shape index (κ1) is 11.7. The van der Waals surface area contributed by atoms with Gasteiger partial charge in [-0.25, -0.2) is 0 Å². The Kier molecular flexibility index (Phi) is 4.94. The summed E-state index contributed by atoms with van der Waals surface area (Å²) in [5, 5.41) is 12.9. The van der Waals surface area contributed by atoms with Gasteiger partial charge in [-0.3, -0.25) is 0 Å². The monoisotopic (exact) mass is 221 g/mol. The van der Waals surface area contributed by atoms with Crippen LogP contribution >= 0.6 is 23.5 Å². The van der Waals surface area contributed by atoms with Crippen LogP contribution in [0.3, 0.4) is 0 Å². The topological polar surface area (TPSA) is 32.3 Å². The number of hydrogen-bond donors (Lipinski definition) is 2. The van der Waals surface area contributed by atoms with Crippen molar-refractivity contribution in [2.75, 3.05) is 29.6 Å². The summed E-state index contributed by atoms with van der Waals surface area (Å²) in [6, 6.07) is 0.757. The third-order valence-electron chi connectivity index (χ3n) is 1.77. The first-order valence-corrected chi connectivity index (χ1v) is 7.00. The van der Waals surface area contributed by atoms with E-state index in [1.54, 1.807) is 0 Å². The van der Waals surface area contributed by atoms with E-state index in [2.05, 4.69) is 5.32 Å². The molecule has 0 amide bonds. The Bertz CT molecular complexity index is 143. The Morgan fingerprint density at radius 2 is 2.23 bits per heavy atom. The van der Waals surface area contributed by atoms with Crippen molar-refractivity contribution in [3.63, 3.8) is 0 Å². The molecule has 0 atom stereocenters. The maximum atomic E-state index is 9.44. The molecule has 0 aromatic rings. The molecule has 1 fully saturated rings. The molecule has 0 aromatic heterocycles. The molecule has 0 unspecified atom stereocenters. The third-order valence-corrected chi connectivity index (χ3v) is 4.45. The summed E-state index contributed by atoms with van der Waals surface area (Å²) < 4.78 is 0. The first-order valence-electron chi connectivity index (χ1n) is 4.69. The van der Waals surface area contributed by atoms with Crippen molar-refractivity contribution in [3.8, 4) is 0 Å². The molecule has 13 heavy (non-hydrogen) atoms. The predicted octanol–water partition coefficient (Wildman–Crippen LogP) is 1.20. The van der Waals surface area contributed by atoms with Crippen LogP contribution in [0.4, 0.5) is 0 Å². The zero-order valence-electron chi connectivity index (χ0n) is 8.38. The molecule has 0 saturated carbocycles. The van der Waals surface area contributed by atoms with Crippen molar-refractivity contribution in [3.05, 3.63) is 0 Å². The van der Waals surface area contributed by atoms with Gasteiger partial charge in [0.1, 0.15) is 0 Å². The quantitative estimate of drug-likeness (QED) is 0.660. The Hall–Kier alpha value is 0.620. The molecule has 2 nitrogen and oxygen atoms in total. The highest BCUT2D eigenvalue weighted by Crippen LogP contribution is 2.17. The average Bonchev–Trinajstić information content (AvgIpc) is 1.90. The number of nitrogens with one attached hydrogen (secondary N) is 1. The molecule has 1 heterocycles. The predicted molar refractivity (Wildman–Crippen MR) is 62.7 cm³/mol. The van der Waals surface area contributed by atoms with E-state index in [1.807, 2.05) is 37.4 Å². The summed E-state index contributed by atoms with van der Waals surface area (Å²) in [5.74, 6) is 4.48. The van der Waals surface area contributed by atoms with Gasteiger partial charge in [0.15, 0.2) is 0 Å². The molecule has 4 heteroatoms. The molecule has 1 aliphatic heterocycles. The van der Waals surface area contributed by atoms with Gasteiger partial charge >= 0.3 is 0 Å². The highest BCUT2D eigenvalue weighted by molar-refractivity contribution is 8.00. The molecule has 0 aromatic carbocycles.